The first-order valence-electron chi connectivity index (χ1n) is 10.5. The number of hydrogen-bond donors (Lipinski definition) is 0. The second-order valence-electron chi connectivity index (χ2n) is 7.45. The molecule has 7 heteroatoms. The standard InChI is InChI=1S/C24H26N2O3S2/c27-23-22(31-24(30)26(23)12-6-11-25-13-15-28-16-14-25)17-20-9-4-5-10-21(20)29-18-19-7-2-1-3-8-19/h1-5,7-10,17H,6,11-16,18H2/b22-17-. The third-order valence-corrected chi connectivity index (χ3v) is 6.65. The number of thioether (sulfide) groups is 1. The van der Waals surface area contributed by atoms with Crippen molar-refractivity contribution in [3.05, 3.63) is 70.6 Å². The fourth-order valence-electron chi connectivity index (χ4n) is 3.58. The van der Waals surface area contributed by atoms with Crippen LogP contribution >= 0.6 is 24.0 Å². The molecule has 4 rings (SSSR count). The first-order chi connectivity index (χ1) is 15.2. The van der Waals surface area contributed by atoms with E-state index in [0.29, 0.717) is 22.4 Å². The van der Waals surface area contributed by atoms with Crippen LogP contribution in [0.5, 0.6) is 5.75 Å². The highest BCUT2D eigenvalue weighted by atomic mass is 32.2. The summed E-state index contributed by atoms with van der Waals surface area (Å²) in [5, 5.41) is 0. The number of thiocarbonyl (C=S) groups is 1. The second-order valence-corrected chi connectivity index (χ2v) is 9.13. The average molecular weight is 455 g/mol. The van der Waals surface area contributed by atoms with Crippen LogP contribution in [0.2, 0.25) is 0 Å². The Labute approximate surface area is 193 Å². The molecule has 2 fully saturated rings. The van der Waals surface area contributed by atoms with Gasteiger partial charge in [-0.2, -0.15) is 0 Å². The number of benzene rings is 2. The summed E-state index contributed by atoms with van der Waals surface area (Å²) in [4.78, 5) is 17.7. The highest BCUT2D eigenvalue weighted by Crippen LogP contribution is 2.34. The number of amides is 1. The van der Waals surface area contributed by atoms with Gasteiger partial charge >= 0.3 is 0 Å². The molecule has 2 aromatic rings. The molecule has 0 unspecified atom stereocenters. The molecule has 162 valence electrons. The molecule has 0 N–H and O–H groups in total. The van der Waals surface area contributed by atoms with Gasteiger partial charge in [0, 0.05) is 31.7 Å². The number of para-hydroxylation sites is 1. The lowest BCUT2D eigenvalue weighted by atomic mass is 10.1. The van der Waals surface area contributed by atoms with Crippen LogP contribution < -0.4 is 4.74 Å². The zero-order valence-corrected chi connectivity index (χ0v) is 19.0. The van der Waals surface area contributed by atoms with E-state index in [1.807, 2.05) is 60.7 Å². The van der Waals surface area contributed by atoms with E-state index in [0.717, 1.165) is 56.1 Å². The molecular weight excluding hydrogens is 428 g/mol. The van der Waals surface area contributed by atoms with E-state index >= 15 is 0 Å². The summed E-state index contributed by atoms with van der Waals surface area (Å²) < 4.78 is 12.0. The Morgan fingerprint density at radius 1 is 1.03 bits per heavy atom. The minimum Gasteiger partial charge on any atom is -0.488 e. The summed E-state index contributed by atoms with van der Waals surface area (Å²) in [7, 11) is 0. The maximum atomic E-state index is 13.0. The highest BCUT2D eigenvalue weighted by Gasteiger charge is 2.31. The molecule has 0 radical (unpaired) electrons. The normalized spacial score (nSPS) is 18.7. The van der Waals surface area contributed by atoms with E-state index in [1.54, 1.807) is 4.90 Å². The monoisotopic (exact) mass is 454 g/mol. The number of carbonyl (C=O) groups is 1. The van der Waals surface area contributed by atoms with Gasteiger partial charge in [-0.3, -0.25) is 14.6 Å². The summed E-state index contributed by atoms with van der Waals surface area (Å²) >= 11 is 6.86. The second kappa shape index (κ2) is 10.9. The van der Waals surface area contributed by atoms with E-state index in [1.165, 1.54) is 11.8 Å². The van der Waals surface area contributed by atoms with Gasteiger partial charge in [-0.25, -0.2) is 0 Å². The van der Waals surface area contributed by atoms with Crippen LogP contribution in [0, 0.1) is 0 Å². The number of morpholine rings is 1. The van der Waals surface area contributed by atoms with Gasteiger partial charge in [0.1, 0.15) is 16.7 Å². The Balaban J connectivity index is 1.38. The Bertz CT molecular complexity index is 943. The maximum Gasteiger partial charge on any atom is 0.266 e. The van der Waals surface area contributed by atoms with Crippen LogP contribution in [-0.4, -0.2) is 59.4 Å². The van der Waals surface area contributed by atoms with Crippen molar-refractivity contribution in [2.75, 3.05) is 39.4 Å². The Kier molecular flexibility index (Phi) is 7.75. The largest absolute Gasteiger partial charge is 0.488 e. The third-order valence-electron chi connectivity index (χ3n) is 5.28. The number of rotatable bonds is 8. The van der Waals surface area contributed by atoms with E-state index < -0.39 is 0 Å². The van der Waals surface area contributed by atoms with Gasteiger partial charge < -0.3 is 9.47 Å². The zero-order valence-electron chi connectivity index (χ0n) is 17.4. The Hall–Kier alpha value is -2.19. The van der Waals surface area contributed by atoms with Crippen molar-refractivity contribution < 1.29 is 14.3 Å². The van der Waals surface area contributed by atoms with Crippen molar-refractivity contribution in [3.8, 4) is 5.75 Å². The Morgan fingerprint density at radius 3 is 2.58 bits per heavy atom. The molecule has 0 spiro atoms. The van der Waals surface area contributed by atoms with Gasteiger partial charge in [-0.1, -0.05) is 72.5 Å². The number of nitrogens with zero attached hydrogens (tertiary/aromatic N) is 2. The summed E-state index contributed by atoms with van der Waals surface area (Å²) in [5.41, 5.74) is 1.98. The van der Waals surface area contributed by atoms with Gasteiger partial charge in [0.25, 0.3) is 5.91 Å². The lowest BCUT2D eigenvalue weighted by Gasteiger charge is -2.27. The zero-order chi connectivity index (χ0) is 21.5. The number of carbonyl (C=O) groups excluding carboxylic acids is 1. The van der Waals surface area contributed by atoms with Crippen molar-refractivity contribution in [2.45, 2.75) is 13.0 Å². The molecule has 0 saturated carbocycles. The molecule has 0 aliphatic carbocycles. The van der Waals surface area contributed by atoms with Crippen LogP contribution in [0.4, 0.5) is 0 Å². The van der Waals surface area contributed by atoms with E-state index in [-0.39, 0.29) is 5.91 Å². The van der Waals surface area contributed by atoms with Gasteiger partial charge in [0.05, 0.1) is 18.1 Å². The van der Waals surface area contributed by atoms with Gasteiger partial charge in [0.2, 0.25) is 0 Å². The third kappa shape index (κ3) is 5.95. The molecule has 2 aliphatic rings. The molecule has 2 aliphatic heterocycles. The van der Waals surface area contributed by atoms with Gasteiger partial charge in [-0.05, 0) is 24.1 Å². The average Bonchev–Trinajstić information content (AvgIpc) is 3.07. The minimum absolute atomic E-state index is 0.0187. The molecule has 31 heavy (non-hydrogen) atoms. The van der Waals surface area contributed by atoms with Crippen LogP contribution in [0.15, 0.2) is 59.5 Å². The van der Waals surface area contributed by atoms with Crippen molar-refractivity contribution in [1.82, 2.24) is 9.80 Å². The van der Waals surface area contributed by atoms with Crippen molar-refractivity contribution in [2.24, 2.45) is 0 Å². The van der Waals surface area contributed by atoms with Gasteiger partial charge in [-0.15, -0.1) is 0 Å². The molecule has 0 bridgehead atoms. The topological polar surface area (TPSA) is 42.0 Å². The predicted octanol–water partition coefficient (Wildman–Crippen LogP) is 4.19. The number of ether oxygens (including phenoxy) is 2. The van der Waals surface area contributed by atoms with Crippen LogP contribution in [-0.2, 0) is 16.1 Å². The first-order valence-corrected chi connectivity index (χ1v) is 11.7. The highest BCUT2D eigenvalue weighted by molar-refractivity contribution is 8.26. The lowest BCUT2D eigenvalue weighted by Crippen LogP contribution is -2.38. The molecular formula is C24H26N2O3S2. The van der Waals surface area contributed by atoms with E-state index in [9.17, 15) is 4.79 Å². The fourth-order valence-corrected chi connectivity index (χ4v) is 4.88. The van der Waals surface area contributed by atoms with Crippen LogP contribution in [0.25, 0.3) is 6.08 Å². The van der Waals surface area contributed by atoms with Crippen LogP contribution in [0.3, 0.4) is 0 Å². The summed E-state index contributed by atoms with van der Waals surface area (Å²) in [6.07, 6.45) is 2.79. The first kappa shape index (κ1) is 22.0. The smallest absolute Gasteiger partial charge is 0.266 e. The molecule has 5 nitrogen and oxygen atoms in total. The SMILES string of the molecule is O=C1/C(=C/c2ccccc2OCc2ccccc2)SC(=S)N1CCCN1CCOCC1. The summed E-state index contributed by atoms with van der Waals surface area (Å²) in [6.45, 7) is 5.57. The van der Waals surface area contributed by atoms with Crippen molar-refractivity contribution in [3.63, 3.8) is 0 Å². The lowest BCUT2D eigenvalue weighted by molar-refractivity contribution is -0.122. The molecule has 2 heterocycles. The minimum atomic E-state index is -0.0187. The van der Waals surface area contributed by atoms with Crippen molar-refractivity contribution in [1.29, 1.82) is 0 Å². The van der Waals surface area contributed by atoms with Crippen LogP contribution in [0.1, 0.15) is 17.5 Å². The molecule has 0 atom stereocenters. The number of hydrogen-bond acceptors (Lipinski definition) is 6. The van der Waals surface area contributed by atoms with Crippen molar-refractivity contribution >= 4 is 40.3 Å². The molecule has 2 saturated heterocycles. The van der Waals surface area contributed by atoms with E-state index in [2.05, 4.69) is 4.90 Å². The summed E-state index contributed by atoms with van der Waals surface area (Å²) in [5.74, 6) is 0.735. The molecule has 0 aromatic heterocycles. The molecule has 2 aromatic carbocycles. The Morgan fingerprint density at radius 2 is 1.77 bits per heavy atom. The van der Waals surface area contributed by atoms with E-state index in [4.69, 9.17) is 21.7 Å². The summed E-state index contributed by atoms with van der Waals surface area (Å²) in [6, 6.07) is 17.8. The quantitative estimate of drug-likeness (QED) is 0.440. The van der Waals surface area contributed by atoms with Gasteiger partial charge in [0.15, 0.2) is 0 Å². The fraction of sp³-hybridized carbons (Fsp3) is 0.333. The molecule has 1 amide bonds. The predicted molar refractivity (Wildman–Crippen MR) is 129 cm³/mol. The maximum absolute atomic E-state index is 13.0.